The number of ketones is 1. The van der Waals surface area contributed by atoms with Crippen molar-refractivity contribution in [2.75, 3.05) is 13.1 Å². The zero-order valence-electron chi connectivity index (χ0n) is 15.5. The van der Waals surface area contributed by atoms with Crippen molar-refractivity contribution in [3.63, 3.8) is 0 Å². The van der Waals surface area contributed by atoms with Crippen molar-refractivity contribution in [2.45, 2.75) is 6.61 Å². The summed E-state index contributed by atoms with van der Waals surface area (Å²) in [6.07, 6.45) is 8.85. The first kappa shape index (κ1) is 20.6. The maximum Gasteiger partial charge on any atom is 0.323 e. The molecule has 0 radical (unpaired) electrons. The molecule has 1 atom stereocenters. The van der Waals surface area contributed by atoms with Gasteiger partial charge in [-0.05, 0) is 22.6 Å². The molecule has 7 nitrogen and oxygen atoms in total. The Bertz CT molecular complexity index is 892. The van der Waals surface area contributed by atoms with E-state index in [2.05, 4.69) is 0 Å². The van der Waals surface area contributed by atoms with Gasteiger partial charge in [0.2, 0.25) is 6.41 Å². The molecule has 0 aromatic heterocycles. The number of carbonyl (C=O) groups excluding carboxylic acids is 2. The molecule has 1 unspecified atom stereocenters. The Labute approximate surface area is 172 Å². The van der Waals surface area contributed by atoms with Gasteiger partial charge in [-0.25, -0.2) is 5.06 Å². The van der Waals surface area contributed by atoms with E-state index in [4.69, 9.17) is 9.94 Å². The molecule has 1 amide bonds. The fourth-order valence-corrected chi connectivity index (χ4v) is 3.82. The number of carbonyl (C=O) groups is 3. The average molecular weight is 412 g/mol. The van der Waals surface area contributed by atoms with Crippen molar-refractivity contribution in [1.82, 2.24) is 9.96 Å². The lowest BCUT2D eigenvalue weighted by Gasteiger charge is -2.28. The Kier molecular flexibility index (Phi) is 7.04. The van der Waals surface area contributed by atoms with Crippen LogP contribution in [-0.4, -0.2) is 46.3 Å². The second-order valence-corrected chi connectivity index (χ2v) is 7.31. The summed E-state index contributed by atoms with van der Waals surface area (Å²) >= 11 is 1.40. The number of rotatable bonds is 9. The first-order valence-corrected chi connectivity index (χ1v) is 9.78. The summed E-state index contributed by atoms with van der Waals surface area (Å²) in [7, 11) is 0. The van der Waals surface area contributed by atoms with Crippen LogP contribution < -0.4 is 0 Å². The van der Waals surface area contributed by atoms with Gasteiger partial charge < -0.3 is 10.0 Å². The van der Waals surface area contributed by atoms with Crippen molar-refractivity contribution < 1.29 is 24.3 Å². The van der Waals surface area contributed by atoms with E-state index in [0.717, 1.165) is 21.1 Å². The molecule has 1 aromatic carbocycles. The zero-order valence-corrected chi connectivity index (χ0v) is 16.3. The van der Waals surface area contributed by atoms with E-state index in [1.54, 1.807) is 23.9 Å². The van der Waals surface area contributed by atoms with Crippen LogP contribution in [0.4, 0.5) is 0 Å². The normalized spacial score (nSPS) is 18.3. The Hall–Kier alpha value is -3.10. The summed E-state index contributed by atoms with van der Waals surface area (Å²) < 4.78 is 0. The molecule has 1 aliphatic heterocycles. The highest BCUT2D eigenvalue weighted by molar-refractivity contribution is 8.06. The number of hydrogen-bond acceptors (Lipinski definition) is 6. The van der Waals surface area contributed by atoms with Crippen LogP contribution in [0.3, 0.4) is 0 Å². The molecular weight excluding hydrogens is 392 g/mol. The van der Waals surface area contributed by atoms with E-state index in [-0.39, 0.29) is 25.5 Å². The van der Waals surface area contributed by atoms with Gasteiger partial charge in [0.25, 0.3) is 0 Å². The fourth-order valence-electron chi connectivity index (χ4n) is 2.92. The van der Waals surface area contributed by atoms with Crippen LogP contribution in [0.2, 0.25) is 0 Å². The third-order valence-electron chi connectivity index (χ3n) is 4.31. The highest BCUT2D eigenvalue weighted by Crippen LogP contribution is 2.36. The summed E-state index contributed by atoms with van der Waals surface area (Å²) in [4.78, 5) is 42.9. The minimum absolute atomic E-state index is 0.0614. The van der Waals surface area contributed by atoms with Crippen LogP contribution in [0.25, 0.3) is 0 Å². The quantitative estimate of drug-likeness (QED) is 0.493. The lowest BCUT2D eigenvalue weighted by molar-refractivity contribution is -0.180. The fraction of sp³-hybridized carbons (Fsp3) is 0.190. The second-order valence-electron chi connectivity index (χ2n) is 6.36. The topological polar surface area (TPSA) is 87.2 Å². The van der Waals surface area contributed by atoms with Crippen molar-refractivity contribution in [3.8, 4) is 0 Å². The molecule has 0 fully saturated rings. The standard InChI is InChI=1S/C21H20N2O5S/c24-15-23(28-14-16-5-2-1-3-6-16)11-18-17(7-4-8-19(18)25)20-12-22(9-10-29-20)13-21(26)27/h1-10,12,15,18H,11,13-14H2,(H,26,27). The summed E-state index contributed by atoms with van der Waals surface area (Å²) in [5.74, 6) is -1.69. The van der Waals surface area contributed by atoms with Crippen LogP contribution in [0.15, 0.2) is 76.8 Å². The molecule has 0 spiro atoms. The lowest BCUT2D eigenvalue weighted by atomic mass is 9.89. The van der Waals surface area contributed by atoms with Crippen LogP contribution in [-0.2, 0) is 25.8 Å². The molecule has 0 saturated heterocycles. The van der Waals surface area contributed by atoms with Crippen molar-refractivity contribution in [1.29, 1.82) is 0 Å². The van der Waals surface area contributed by atoms with Crippen molar-refractivity contribution in [2.24, 2.45) is 5.92 Å². The molecular formula is C21H20N2O5S. The first-order chi connectivity index (χ1) is 14.1. The van der Waals surface area contributed by atoms with Gasteiger partial charge >= 0.3 is 5.97 Å². The third kappa shape index (κ3) is 5.69. The molecule has 29 heavy (non-hydrogen) atoms. The summed E-state index contributed by atoms with van der Waals surface area (Å²) in [5.41, 5.74) is 1.63. The lowest BCUT2D eigenvalue weighted by Crippen LogP contribution is -2.34. The monoisotopic (exact) mass is 412 g/mol. The minimum Gasteiger partial charge on any atom is -0.480 e. The highest BCUT2D eigenvalue weighted by atomic mass is 32.2. The Morgan fingerprint density at radius 1 is 1.31 bits per heavy atom. The van der Waals surface area contributed by atoms with E-state index < -0.39 is 11.9 Å². The van der Waals surface area contributed by atoms with Gasteiger partial charge in [-0.3, -0.25) is 19.2 Å². The zero-order chi connectivity index (χ0) is 20.6. The number of thioether (sulfide) groups is 1. The third-order valence-corrected chi connectivity index (χ3v) is 5.16. The molecule has 3 rings (SSSR count). The van der Waals surface area contributed by atoms with E-state index in [0.29, 0.717) is 6.41 Å². The maximum atomic E-state index is 12.5. The number of hydroxylamine groups is 2. The summed E-state index contributed by atoms with van der Waals surface area (Å²) in [6, 6.07) is 9.42. The van der Waals surface area contributed by atoms with E-state index in [1.807, 2.05) is 36.4 Å². The number of amides is 1. The van der Waals surface area contributed by atoms with Gasteiger partial charge in [0, 0.05) is 17.3 Å². The van der Waals surface area contributed by atoms with Gasteiger partial charge in [-0.15, -0.1) is 0 Å². The Morgan fingerprint density at radius 3 is 2.83 bits per heavy atom. The largest absolute Gasteiger partial charge is 0.480 e. The molecule has 1 aliphatic carbocycles. The van der Waals surface area contributed by atoms with Crippen LogP contribution in [0.1, 0.15) is 5.56 Å². The summed E-state index contributed by atoms with van der Waals surface area (Å²) in [5, 5.41) is 11.9. The number of carboxylic acid groups (broad SMARTS) is 1. The molecule has 1 N–H and O–H groups in total. The van der Waals surface area contributed by atoms with Crippen molar-refractivity contribution in [3.05, 3.63) is 82.4 Å². The van der Waals surface area contributed by atoms with Gasteiger partial charge in [-0.2, -0.15) is 0 Å². The maximum absolute atomic E-state index is 12.5. The predicted octanol–water partition coefficient (Wildman–Crippen LogP) is 2.70. The van der Waals surface area contributed by atoms with Gasteiger partial charge in [0.05, 0.1) is 12.5 Å². The second kappa shape index (κ2) is 9.90. The van der Waals surface area contributed by atoms with E-state index in [9.17, 15) is 14.4 Å². The average Bonchev–Trinajstić information content (AvgIpc) is 2.72. The van der Waals surface area contributed by atoms with Crippen LogP contribution in [0, 0.1) is 5.92 Å². The Balaban J connectivity index is 1.72. The molecule has 0 saturated carbocycles. The SMILES string of the molecule is O=CN(CC1C(=O)C=CC=C1C1=CN(CC(=O)O)C=CS1)OCc1ccccc1. The molecule has 2 aliphatic rings. The van der Waals surface area contributed by atoms with Crippen LogP contribution >= 0.6 is 11.8 Å². The smallest absolute Gasteiger partial charge is 0.323 e. The number of hydrogen-bond donors (Lipinski definition) is 1. The van der Waals surface area contributed by atoms with Gasteiger partial charge in [-0.1, -0.05) is 54.2 Å². The van der Waals surface area contributed by atoms with Gasteiger partial charge in [0.15, 0.2) is 5.78 Å². The highest BCUT2D eigenvalue weighted by Gasteiger charge is 2.29. The van der Waals surface area contributed by atoms with Gasteiger partial charge in [0.1, 0.15) is 13.2 Å². The number of aliphatic carboxylic acids is 1. The number of nitrogens with zero attached hydrogens (tertiary/aromatic N) is 2. The predicted molar refractivity (Wildman–Crippen MR) is 109 cm³/mol. The molecule has 1 aromatic rings. The number of carboxylic acids is 1. The summed E-state index contributed by atoms with van der Waals surface area (Å²) in [6.45, 7) is 0.0940. The number of benzene rings is 1. The minimum atomic E-state index is -0.955. The molecule has 150 valence electrons. The molecule has 1 heterocycles. The van der Waals surface area contributed by atoms with Crippen molar-refractivity contribution >= 4 is 29.9 Å². The molecule has 0 bridgehead atoms. The number of allylic oxidation sites excluding steroid dienone is 4. The van der Waals surface area contributed by atoms with E-state index >= 15 is 0 Å². The Morgan fingerprint density at radius 2 is 2.10 bits per heavy atom. The van der Waals surface area contributed by atoms with Crippen LogP contribution in [0.5, 0.6) is 0 Å². The first-order valence-electron chi connectivity index (χ1n) is 8.91. The molecule has 8 heteroatoms. The van der Waals surface area contributed by atoms with E-state index in [1.165, 1.54) is 22.7 Å².